The van der Waals surface area contributed by atoms with Crippen LogP contribution in [0.4, 0.5) is 5.69 Å². The van der Waals surface area contributed by atoms with Crippen LogP contribution in [0.2, 0.25) is 0 Å². The summed E-state index contributed by atoms with van der Waals surface area (Å²) in [6, 6.07) is 8.62. The Morgan fingerprint density at radius 3 is 2.67 bits per heavy atom. The van der Waals surface area contributed by atoms with Crippen LogP contribution in [0.3, 0.4) is 0 Å². The van der Waals surface area contributed by atoms with Crippen LogP contribution >= 0.6 is 0 Å². The fourth-order valence-corrected chi connectivity index (χ4v) is 2.88. The van der Waals surface area contributed by atoms with Crippen molar-refractivity contribution in [2.45, 2.75) is 33.6 Å². The van der Waals surface area contributed by atoms with Gasteiger partial charge in [0, 0.05) is 29.9 Å². The first-order chi connectivity index (χ1) is 12.9. The number of amides is 2. The second-order valence-electron chi connectivity index (χ2n) is 6.16. The van der Waals surface area contributed by atoms with Gasteiger partial charge in [-0.15, -0.1) is 0 Å². The number of H-pyrrole nitrogens is 1. The standard InChI is InChI=1S/C20H22N4O3/c1-4-22-19(26)14-6-5-7-15(10-14)24-18(25)9-8-16-12(2)17(11-21)20(27)23-13(16)3/h5-7,10H,4,8-9H2,1-3H3,(H,22,26)(H,23,27)(H,24,25). The van der Waals surface area contributed by atoms with Crippen LogP contribution in [0.15, 0.2) is 29.1 Å². The molecule has 2 amide bonds. The van der Waals surface area contributed by atoms with Gasteiger partial charge in [-0.1, -0.05) is 6.07 Å². The van der Waals surface area contributed by atoms with Gasteiger partial charge in [-0.2, -0.15) is 5.26 Å². The molecule has 0 radical (unpaired) electrons. The molecule has 0 aliphatic rings. The lowest BCUT2D eigenvalue weighted by atomic mass is 9.99. The number of nitriles is 1. The summed E-state index contributed by atoms with van der Waals surface area (Å²) in [4.78, 5) is 38.6. The van der Waals surface area contributed by atoms with E-state index in [4.69, 9.17) is 5.26 Å². The van der Waals surface area contributed by atoms with E-state index in [1.54, 1.807) is 38.1 Å². The summed E-state index contributed by atoms with van der Waals surface area (Å²) >= 11 is 0. The van der Waals surface area contributed by atoms with E-state index in [1.165, 1.54) is 0 Å². The van der Waals surface area contributed by atoms with E-state index in [-0.39, 0.29) is 23.8 Å². The largest absolute Gasteiger partial charge is 0.352 e. The third kappa shape index (κ3) is 4.82. The quantitative estimate of drug-likeness (QED) is 0.727. The molecule has 0 atom stereocenters. The van der Waals surface area contributed by atoms with Gasteiger partial charge in [0.1, 0.15) is 11.6 Å². The van der Waals surface area contributed by atoms with E-state index in [0.29, 0.717) is 35.5 Å². The fourth-order valence-electron chi connectivity index (χ4n) is 2.88. The van der Waals surface area contributed by atoms with Crippen LogP contribution in [0.1, 0.15) is 46.1 Å². The molecule has 1 aromatic heterocycles. The van der Waals surface area contributed by atoms with E-state index >= 15 is 0 Å². The number of pyridine rings is 1. The van der Waals surface area contributed by atoms with Crippen LogP contribution in [0, 0.1) is 25.2 Å². The highest BCUT2D eigenvalue weighted by Gasteiger charge is 2.14. The zero-order valence-corrected chi connectivity index (χ0v) is 15.6. The fraction of sp³-hybridized carbons (Fsp3) is 0.300. The summed E-state index contributed by atoms with van der Waals surface area (Å²) in [5, 5.41) is 14.6. The monoisotopic (exact) mass is 366 g/mol. The molecule has 0 aliphatic heterocycles. The third-order valence-electron chi connectivity index (χ3n) is 4.27. The number of hydrogen-bond acceptors (Lipinski definition) is 4. The van der Waals surface area contributed by atoms with Crippen LogP contribution < -0.4 is 16.2 Å². The smallest absolute Gasteiger partial charge is 0.266 e. The molecule has 2 rings (SSSR count). The Balaban J connectivity index is 2.08. The predicted molar refractivity (Wildman–Crippen MR) is 103 cm³/mol. The van der Waals surface area contributed by atoms with Crippen LogP contribution in [-0.2, 0) is 11.2 Å². The highest BCUT2D eigenvalue weighted by atomic mass is 16.2. The Labute approximate surface area is 157 Å². The zero-order chi connectivity index (χ0) is 20.0. The lowest BCUT2D eigenvalue weighted by molar-refractivity contribution is -0.116. The first-order valence-electron chi connectivity index (χ1n) is 8.68. The number of rotatable bonds is 6. The van der Waals surface area contributed by atoms with Crippen molar-refractivity contribution < 1.29 is 9.59 Å². The molecule has 1 heterocycles. The molecule has 0 aliphatic carbocycles. The van der Waals surface area contributed by atoms with Gasteiger partial charge in [0.05, 0.1) is 0 Å². The Kier molecular flexibility index (Phi) is 6.50. The first-order valence-corrected chi connectivity index (χ1v) is 8.68. The van der Waals surface area contributed by atoms with Crippen molar-refractivity contribution >= 4 is 17.5 Å². The Morgan fingerprint density at radius 2 is 2.00 bits per heavy atom. The molecule has 2 aromatic rings. The Bertz CT molecular complexity index is 970. The number of anilines is 1. The maximum absolute atomic E-state index is 12.3. The molecule has 140 valence electrons. The van der Waals surface area contributed by atoms with E-state index < -0.39 is 5.56 Å². The van der Waals surface area contributed by atoms with Gasteiger partial charge in [-0.3, -0.25) is 14.4 Å². The van der Waals surface area contributed by atoms with Crippen molar-refractivity contribution in [2.75, 3.05) is 11.9 Å². The first kappa shape index (κ1) is 19.9. The van der Waals surface area contributed by atoms with Gasteiger partial charge >= 0.3 is 0 Å². The number of benzene rings is 1. The van der Waals surface area contributed by atoms with Gasteiger partial charge in [0.2, 0.25) is 5.91 Å². The van der Waals surface area contributed by atoms with Crippen molar-refractivity contribution in [2.24, 2.45) is 0 Å². The summed E-state index contributed by atoms with van der Waals surface area (Å²) < 4.78 is 0. The summed E-state index contributed by atoms with van der Waals surface area (Å²) in [5.74, 6) is -0.413. The van der Waals surface area contributed by atoms with E-state index in [9.17, 15) is 14.4 Å². The maximum Gasteiger partial charge on any atom is 0.266 e. The number of carbonyl (C=O) groups is 2. The molecular formula is C20H22N4O3. The average molecular weight is 366 g/mol. The second-order valence-corrected chi connectivity index (χ2v) is 6.16. The topological polar surface area (TPSA) is 115 Å². The molecular weight excluding hydrogens is 344 g/mol. The number of aromatic nitrogens is 1. The molecule has 7 heteroatoms. The number of aromatic amines is 1. The van der Waals surface area contributed by atoms with Crippen LogP contribution in [0.25, 0.3) is 0 Å². The van der Waals surface area contributed by atoms with E-state index in [0.717, 1.165) is 5.56 Å². The Hall–Kier alpha value is -3.40. The van der Waals surface area contributed by atoms with Crippen molar-refractivity contribution in [1.82, 2.24) is 10.3 Å². The number of nitrogens with zero attached hydrogens (tertiary/aromatic N) is 1. The molecule has 27 heavy (non-hydrogen) atoms. The number of carbonyl (C=O) groups excluding carboxylic acids is 2. The molecule has 0 saturated heterocycles. The second kappa shape index (κ2) is 8.81. The lowest BCUT2D eigenvalue weighted by Crippen LogP contribution is -2.23. The normalized spacial score (nSPS) is 10.1. The average Bonchev–Trinajstić information content (AvgIpc) is 2.62. The molecule has 0 fully saturated rings. The van der Waals surface area contributed by atoms with Crippen LogP contribution in [0.5, 0.6) is 0 Å². The van der Waals surface area contributed by atoms with Crippen molar-refractivity contribution in [3.63, 3.8) is 0 Å². The minimum absolute atomic E-state index is 0.0747. The number of nitrogens with one attached hydrogen (secondary N) is 3. The van der Waals surface area contributed by atoms with Gasteiger partial charge in [0.15, 0.2) is 0 Å². The Morgan fingerprint density at radius 1 is 1.26 bits per heavy atom. The van der Waals surface area contributed by atoms with E-state index in [2.05, 4.69) is 15.6 Å². The third-order valence-corrected chi connectivity index (χ3v) is 4.27. The lowest BCUT2D eigenvalue weighted by Gasteiger charge is -2.11. The highest BCUT2D eigenvalue weighted by molar-refractivity contribution is 5.97. The minimum Gasteiger partial charge on any atom is -0.352 e. The molecule has 0 saturated carbocycles. The molecule has 1 aromatic carbocycles. The zero-order valence-electron chi connectivity index (χ0n) is 15.6. The van der Waals surface area contributed by atoms with Crippen molar-refractivity contribution in [3.05, 3.63) is 62.6 Å². The molecule has 3 N–H and O–H groups in total. The van der Waals surface area contributed by atoms with Crippen molar-refractivity contribution in [3.8, 4) is 6.07 Å². The summed E-state index contributed by atoms with van der Waals surface area (Å²) in [6.45, 7) is 5.82. The predicted octanol–water partition coefficient (Wildman–Crippen LogP) is 2.18. The number of hydrogen-bond donors (Lipinski definition) is 3. The van der Waals surface area contributed by atoms with Gasteiger partial charge in [0.25, 0.3) is 11.5 Å². The number of aryl methyl sites for hydroxylation is 1. The van der Waals surface area contributed by atoms with Crippen LogP contribution in [-0.4, -0.2) is 23.3 Å². The molecule has 7 nitrogen and oxygen atoms in total. The molecule has 0 unspecified atom stereocenters. The van der Waals surface area contributed by atoms with E-state index in [1.807, 2.05) is 13.0 Å². The summed E-state index contributed by atoms with van der Waals surface area (Å²) in [5.41, 5.74) is 2.72. The minimum atomic E-state index is -0.414. The van der Waals surface area contributed by atoms with Gasteiger partial charge in [-0.05, 0) is 56.5 Å². The summed E-state index contributed by atoms with van der Waals surface area (Å²) in [6.07, 6.45) is 0.578. The highest BCUT2D eigenvalue weighted by Crippen LogP contribution is 2.16. The summed E-state index contributed by atoms with van der Waals surface area (Å²) in [7, 11) is 0. The molecule has 0 bridgehead atoms. The SMILES string of the molecule is CCNC(=O)c1cccc(NC(=O)CCc2c(C)[nH]c(=O)c(C#N)c2C)c1. The molecule has 0 spiro atoms. The van der Waals surface area contributed by atoms with Gasteiger partial charge in [-0.25, -0.2) is 0 Å². The maximum atomic E-state index is 12.3. The van der Waals surface area contributed by atoms with Crippen molar-refractivity contribution in [1.29, 1.82) is 5.26 Å². The van der Waals surface area contributed by atoms with Gasteiger partial charge < -0.3 is 15.6 Å².